The van der Waals surface area contributed by atoms with E-state index in [0.29, 0.717) is 10.6 Å². The van der Waals surface area contributed by atoms with Crippen molar-refractivity contribution in [1.29, 1.82) is 0 Å². The zero-order chi connectivity index (χ0) is 15.6. The van der Waals surface area contributed by atoms with Gasteiger partial charge in [-0.15, -0.1) is 21.7 Å². The monoisotopic (exact) mass is 407 g/mol. The average Bonchev–Trinajstić information content (AvgIpc) is 2.85. The summed E-state index contributed by atoms with van der Waals surface area (Å²) in [6, 6.07) is 3.72. The van der Waals surface area contributed by atoms with Crippen LogP contribution in [-0.2, 0) is 11.3 Å². The Hall–Kier alpha value is -1.44. The van der Waals surface area contributed by atoms with Crippen molar-refractivity contribution in [2.75, 3.05) is 0 Å². The SMILES string of the molecule is Br.CC(C(=O)[O-])[n+]1cnn(CC(=O)c2ccc(Cl)cc2Cl)c1. The topological polar surface area (TPSA) is 78.9 Å². The highest BCUT2D eigenvalue weighted by molar-refractivity contribution is 8.93. The third-order valence-corrected chi connectivity index (χ3v) is 3.47. The van der Waals surface area contributed by atoms with E-state index in [1.807, 2.05) is 0 Å². The lowest BCUT2D eigenvalue weighted by atomic mass is 10.1. The molecule has 0 fully saturated rings. The number of carbonyl (C=O) groups is 2. The number of Topliss-reactive ketones (excluding diaryl/α,β-unsaturated/α-hetero) is 1. The lowest BCUT2D eigenvalue weighted by Crippen LogP contribution is -2.46. The van der Waals surface area contributed by atoms with Crippen molar-refractivity contribution < 1.29 is 19.3 Å². The minimum Gasteiger partial charge on any atom is -0.546 e. The standard InChI is InChI=1S/C13H11Cl2N3O3.BrH/c1-8(13(20)21)17-6-16-18(7-17)5-12(19)10-3-2-9(14)4-11(10)15;/h2-4,6-8H,5H2,1H3;1H. The number of aromatic nitrogens is 3. The number of rotatable bonds is 5. The number of hydrogen-bond donors (Lipinski definition) is 0. The molecular formula is C13H12BrCl2N3O3. The Morgan fingerprint density at radius 3 is 2.68 bits per heavy atom. The highest BCUT2D eigenvalue weighted by atomic mass is 79.9. The van der Waals surface area contributed by atoms with Gasteiger partial charge in [0.1, 0.15) is 6.04 Å². The second-order valence-corrected chi connectivity index (χ2v) is 5.28. The molecule has 0 aliphatic rings. The first kappa shape index (κ1) is 18.6. The first-order valence-electron chi connectivity index (χ1n) is 6.01. The summed E-state index contributed by atoms with van der Waals surface area (Å²) in [7, 11) is 0. The van der Waals surface area contributed by atoms with Gasteiger partial charge in [-0.2, -0.15) is 0 Å². The molecule has 1 heterocycles. The second kappa shape index (κ2) is 7.71. The fraction of sp³-hybridized carbons (Fsp3) is 0.231. The number of hydrogen-bond acceptors (Lipinski definition) is 4. The molecule has 6 nitrogen and oxygen atoms in total. The highest BCUT2D eigenvalue weighted by Crippen LogP contribution is 2.21. The van der Waals surface area contributed by atoms with Crippen LogP contribution in [0.5, 0.6) is 0 Å². The minimum atomic E-state index is -1.23. The van der Waals surface area contributed by atoms with E-state index in [1.165, 1.54) is 41.0 Å². The van der Waals surface area contributed by atoms with Gasteiger partial charge in [0.25, 0.3) is 6.33 Å². The van der Waals surface area contributed by atoms with Gasteiger partial charge >= 0.3 is 0 Å². The maximum Gasteiger partial charge on any atom is 0.265 e. The van der Waals surface area contributed by atoms with Gasteiger partial charge in [0, 0.05) is 15.7 Å². The number of halogens is 3. The molecule has 0 saturated carbocycles. The zero-order valence-electron chi connectivity index (χ0n) is 11.4. The molecule has 1 atom stereocenters. The summed E-state index contributed by atoms with van der Waals surface area (Å²) in [4.78, 5) is 22.9. The third-order valence-electron chi connectivity index (χ3n) is 2.93. The van der Waals surface area contributed by atoms with E-state index in [4.69, 9.17) is 23.2 Å². The van der Waals surface area contributed by atoms with Crippen LogP contribution >= 0.6 is 40.2 Å². The molecule has 0 aliphatic carbocycles. The molecule has 0 radical (unpaired) electrons. The van der Waals surface area contributed by atoms with Crippen LogP contribution in [-0.4, -0.2) is 21.5 Å². The number of carbonyl (C=O) groups excluding carboxylic acids is 2. The quantitative estimate of drug-likeness (QED) is 0.550. The van der Waals surface area contributed by atoms with E-state index in [0.717, 1.165) is 0 Å². The Labute approximate surface area is 147 Å². The number of carboxylic acid groups (broad SMARTS) is 1. The second-order valence-electron chi connectivity index (χ2n) is 4.43. The smallest absolute Gasteiger partial charge is 0.265 e. The number of benzene rings is 1. The van der Waals surface area contributed by atoms with Gasteiger partial charge in [-0.05, 0) is 25.1 Å². The maximum absolute atomic E-state index is 12.1. The Bertz CT molecular complexity index is 706. The minimum absolute atomic E-state index is 0. The molecule has 0 amide bonds. The molecule has 118 valence electrons. The Kier molecular flexibility index (Phi) is 6.52. The Morgan fingerprint density at radius 1 is 1.41 bits per heavy atom. The van der Waals surface area contributed by atoms with E-state index < -0.39 is 12.0 Å². The van der Waals surface area contributed by atoms with Crippen molar-refractivity contribution in [1.82, 2.24) is 9.78 Å². The molecule has 0 spiro atoms. The van der Waals surface area contributed by atoms with Crippen molar-refractivity contribution in [2.24, 2.45) is 0 Å². The Balaban J connectivity index is 0.00000242. The van der Waals surface area contributed by atoms with Crippen molar-refractivity contribution in [3.63, 3.8) is 0 Å². The van der Waals surface area contributed by atoms with Crippen LogP contribution in [0, 0.1) is 0 Å². The van der Waals surface area contributed by atoms with Gasteiger partial charge in [0.05, 0.1) is 11.0 Å². The summed E-state index contributed by atoms with van der Waals surface area (Å²) in [6.07, 6.45) is 2.74. The summed E-state index contributed by atoms with van der Waals surface area (Å²) >= 11 is 11.7. The summed E-state index contributed by atoms with van der Waals surface area (Å²) in [5.74, 6) is -1.49. The van der Waals surface area contributed by atoms with Crippen LogP contribution in [0.15, 0.2) is 30.9 Å². The first-order chi connectivity index (χ1) is 9.88. The Morgan fingerprint density at radius 2 is 2.09 bits per heavy atom. The lowest BCUT2D eigenvalue weighted by Gasteiger charge is -2.07. The molecule has 1 unspecified atom stereocenters. The predicted molar refractivity (Wildman–Crippen MR) is 83.3 cm³/mol. The largest absolute Gasteiger partial charge is 0.546 e. The molecule has 1 aromatic carbocycles. The highest BCUT2D eigenvalue weighted by Gasteiger charge is 2.18. The van der Waals surface area contributed by atoms with Crippen LogP contribution < -0.4 is 9.67 Å². The van der Waals surface area contributed by atoms with Crippen molar-refractivity contribution in [2.45, 2.75) is 19.5 Å². The molecule has 0 saturated heterocycles. The summed E-state index contributed by atoms with van der Waals surface area (Å²) < 4.78 is 2.67. The van der Waals surface area contributed by atoms with E-state index in [9.17, 15) is 14.7 Å². The van der Waals surface area contributed by atoms with Crippen molar-refractivity contribution in [3.05, 3.63) is 46.5 Å². The van der Waals surface area contributed by atoms with E-state index in [1.54, 1.807) is 6.07 Å². The van der Waals surface area contributed by atoms with Gasteiger partial charge in [0.2, 0.25) is 12.1 Å². The van der Waals surface area contributed by atoms with Crippen LogP contribution in [0.3, 0.4) is 0 Å². The zero-order valence-corrected chi connectivity index (χ0v) is 14.6. The maximum atomic E-state index is 12.1. The van der Waals surface area contributed by atoms with Crippen LogP contribution in [0.1, 0.15) is 23.3 Å². The van der Waals surface area contributed by atoms with Gasteiger partial charge in [-0.3, -0.25) is 4.79 Å². The van der Waals surface area contributed by atoms with Crippen molar-refractivity contribution >= 4 is 51.9 Å². The molecule has 2 rings (SSSR count). The molecule has 0 aliphatic heterocycles. The number of nitrogens with zero attached hydrogens (tertiary/aromatic N) is 3. The van der Waals surface area contributed by atoms with Gasteiger partial charge in [-0.25, -0.2) is 4.57 Å². The fourth-order valence-corrected chi connectivity index (χ4v) is 2.20. The first-order valence-corrected chi connectivity index (χ1v) is 6.76. The van der Waals surface area contributed by atoms with Crippen LogP contribution in [0.25, 0.3) is 0 Å². The molecule has 0 N–H and O–H groups in total. The summed E-state index contributed by atoms with van der Waals surface area (Å²) in [5, 5.41) is 15.4. The van der Waals surface area contributed by atoms with Crippen molar-refractivity contribution in [3.8, 4) is 0 Å². The molecular weight excluding hydrogens is 397 g/mol. The average molecular weight is 409 g/mol. The molecule has 9 heteroatoms. The third kappa shape index (κ3) is 4.28. The molecule has 2 aromatic rings. The van der Waals surface area contributed by atoms with E-state index in [2.05, 4.69) is 5.10 Å². The number of ketones is 1. The number of aliphatic carboxylic acids is 1. The molecule has 1 aromatic heterocycles. The van der Waals surface area contributed by atoms with Gasteiger partial charge < -0.3 is 9.90 Å². The van der Waals surface area contributed by atoms with Crippen LogP contribution in [0.2, 0.25) is 10.0 Å². The molecule has 0 bridgehead atoms. The van der Waals surface area contributed by atoms with Gasteiger partial charge in [0.15, 0.2) is 6.54 Å². The van der Waals surface area contributed by atoms with E-state index >= 15 is 0 Å². The fourth-order valence-electron chi connectivity index (χ4n) is 1.69. The van der Waals surface area contributed by atoms with E-state index in [-0.39, 0.29) is 34.3 Å². The van der Waals surface area contributed by atoms with Gasteiger partial charge in [-0.1, -0.05) is 23.2 Å². The molecule has 22 heavy (non-hydrogen) atoms. The number of carboxylic acids is 1. The predicted octanol–water partition coefficient (Wildman–Crippen LogP) is 1.25. The normalized spacial score (nSPS) is 11.6. The summed E-state index contributed by atoms with van der Waals surface area (Å²) in [6.45, 7) is 1.40. The lowest BCUT2D eigenvalue weighted by molar-refractivity contribution is -0.713. The van der Waals surface area contributed by atoms with Crippen LogP contribution in [0.4, 0.5) is 0 Å². The summed E-state index contributed by atoms with van der Waals surface area (Å²) in [5.41, 5.74) is 0.330.